The molecule has 0 radical (unpaired) electrons. The van der Waals surface area contributed by atoms with E-state index in [1.165, 1.54) is 6.08 Å². The SMILES string of the molecule is CCNC(=O)NC1CCN(C(=O)CC2=CCN=C(c3ccncc3)C=C2CC2C=CC(F)=CC2)CC1. The Morgan fingerprint density at radius 3 is 2.61 bits per heavy atom. The molecule has 1 atom stereocenters. The average molecular weight is 492 g/mol. The number of carbonyl (C=O) groups excluding carboxylic acids is 2. The lowest BCUT2D eigenvalue weighted by atomic mass is 9.87. The van der Waals surface area contributed by atoms with Gasteiger partial charge in [0.25, 0.3) is 0 Å². The Balaban J connectivity index is 1.44. The van der Waals surface area contributed by atoms with Crippen LogP contribution in [0.3, 0.4) is 0 Å². The monoisotopic (exact) mass is 491 g/mol. The highest BCUT2D eigenvalue weighted by molar-refractivity contribution is 6.09. The summed E-state index contributed by atoms with van der Waals surface area (Å²) in [5.74, 6) is 0.0550. The van der Waals surface area contributed by atoms with Crippen LogP contribution in [0.15, 0.2) is 76.9 Å². The molecule has 36 heavy (non-hydrogen) atoms. The van der Waals surface area contributed by atoms with Crippen molar-refractivity contribution in [3.63, 3.8) is 0 Å². The molecule has 1 unspecified atom stereocenters. The van der Waals surface area contributed by atoms with Crippen LogP contribution in [0, 0.1) is 5.92 Å². The van der Waals surface area contributed by atoms with Crippen molar-refractivity contribution in [1.29, 1.82) is 0 Å². The van der Waals surface area contributed by atoms with Gasteiger partial charge in [-0.2, -0.15) is 0 Å². The highest BCUT2D eigenvalue weighted by Crippen LogP contribution is 2.30. The molecule has 7 nitrogen and oxygen atoms in total. The van der Waals surface area contributed by atoms with E-state index < -0.39 is 0 Å². The molecule has 8 heteroatoms. The number of pyridine rings is 1. The van der Waals surface area contributed by atoms with Crippen LogP contribution in [0.25, 0.3) is 0 Å². The molecule has 1 aliphatic carbocycles. The molecule has 3 heterocycles. The molecular weight excluding hydrogens is 457 g/mol. The van der Waals surface area contributed by atoms with E-state index >= 15 is 0 Å². The van der Waals surface area contributed by atoms with Gasteiger partial charge in [0.15, 0.2) is 0 Å². The molecule has 0 saturated carbocycles. The second kappa shape index (κ2) is 12.4. The first kappa shape index (κ1) is 25.5. The minimum absolute atomic E-state index is 0.0796. The summed E-state index contributed by atoms with van der Waals surface area (Å²) in [6.07, 6.45) is 15.8. The number of hydrogen-bond donors (Lipinski definition) is 2. The van der Waals surface area contributed by atoms with Gasteiger partial charge >= 0.3 is 6.03 Å². The molecule has 0 aromatic carbocycles. The maximum Gasteiger partial charge on any atom is 0.314 e. The maximum absolute atomic E-state index is 13.5. The molecule has 4 rings (SSSR count). The Morgan fingerprint density at radius 1 is 1.14 bits per heavy atom. The molecular formula is C28H34FN5O2. The lowest BCUT2D eigenvalue weighted by Crippen LogP contribution is -2.49. The second-order valence-corrected chi connectivity index (χ2v) is 9.34. The van der Waals surface area contributed by atoms with Crippen LogP contribution < -0.4 is 10.6 Å². The standard InChI is InChI=1S/C28H34FN5O2/c1-2-31-28(36)33-25-10-15-34(16-11-25)27(35)19-22-9-14-32-26(21-7-12-30-13-8-21)18-23(22)17-20-3-5-24(29)6-4-20/h3,5-9,12-13,18,20,25H,2,4,10-11,14-17,19H2,1H3,(H2,31,33,36). The lowest BCUT2D eigenvalue weighted by Gasteiger charge is -2.33. The van der Waals surface area contributed by atoms with E-state index in [0.717, 1.165) is 35.3 Å². The van der Waals surface area contributed by atoms with Gasteiger partial charge in [-0.1, -0.05) is 12.2 Å². The average Bonchev–Trinajstić information content (AvgIpc) is 3.08. The number of carbonyl (C=O) groups is 2. The number of urea groups is 1. The quantitative estimate of drug-likeness (QED) is 0.598. The van der Waals surface area contributed by atoms with Gasteiger partial charge in [-0.15, -0.1) is 0 Å². The predicted molar refractivity (Wildman–Crippen MR) is 139 cm³/mol. The van der Waals surface area contributed by atoms with E-state index in [-0.39, 0.29) is 29.7 Å². The van der Waals surface area contributed by atoms with Crippen LogP contribution in [-0.2, 0) is 4.79 Å². The van der Waals surface area contributed by atoms with Crippen LogP contribution in [0.4, 0.5) is 9.18 Å². The third-order valence-electron chi connectivity index (χ3n) is 6.79. The first-order valence-corrected chi connectivity index (χ1v) is 12.7. The topological polar surface area (TPSA) is 86.7 Å². The van der Waals surface area contributed by atoms with Gasteiger partial charge in [-0.3, -0.25) is 14.8 Å². The van der Waals surface area contributed by atoms with Crippen molar-refractivity contribution < 1.29 is 14.0 Å². The first-order valence-electron chi connectivity index (χ1n) is 12.7. The number of piperidine rings is 1. The fourth-order valence-electron chi connectivity index (χ4n) is 4.78. The highest BCUT2D eigenvalue weighted by atomic mass is 19.1. The van der Waals surface area contributed by atoms with Gasteiger partial charge in [0, 0.05) is 43.6 Å². The smallest absolute Gasteiger partial charge is 0.314 e. The van der Waals surface area contributed by atoms with Crippen molar-refractivity contribution in [2.24, 2.45) is 10.9 Å². The molecule has 2 N–H and O–H groups in total. The summed E-state index contributed by atoms with van der Waals surface area (Å²) in [4.78, 5) is 35.8. The molecule has 1 aromatic rings. The summed E-state index contributed by atoms with van der Waals surface area (Å²) in [5, 5.41) is 5.73. The fraction of sp³-hybridized carbons (Fsp3) is 0.429. The molecule has 1 aromatic heterocycles. The largest absolute Gasteiger partial charge is 0.342 e. The van der Waals surface area contributed by atoms with E-state index in [1.54, 1.807) is 18.5 Å². The number of hydrogen-bond acceptors (Lipinski definition) is 4. The van der Waals surface area contributed by atoms with Crippen LogP contribution in [0.5, 0.6) is 0 Å². The van der Waals surface area contributed by atoms with Crippen molar-refractivity contribution in [3.8, 4) is 0 Å². The minimum Gasteiger partial charge on any atom is -0.342 e. The van der Waals surface area contributed by atoms with Gasteiger partial charge in [-0.05, 0) is 80.0 Å². The minimum atomic E-state index is -0.198. The van der Waals surface area contributed by atoms with E-state index in [0.29, 0.717) is 45.4 Å². The van der Waals surface area contributed by atoms with Gasteiger partial charge in [-0.25, -0.2) is 9.18 Å². The Labute approximate surface area is 212 Å². The van der Waals surface area contributed by atoms with Crippen LogP contribution in [-0.4, -0.2) is 59.8 Å². The van der Waals surface area contributed by atoms with E-state index in [2.05, 4.69) is 21.7 Å². The third-order valence-corrected chi connectivity index (χ3v) is 6.79. The fourth-order valence-corrected chi connectivity index (χ4v) is 4.78. The Kier molecular flexibility index (Phi) is 8.81. The molecule has 2 aliphatic heterocycles. The molecule has 3 aliphatic rings. The van der Waals surface area contributed by atoms with Crippen molar-refractivity contribution in [2.75, 3.05) is 26.2 Å². The van der Waals surface area contributed by atoms with Gasteiger partial charge in [0.2, 0.25) is 5.91 Å². The summed E-state index contributed by atoms with van der Waals surface area (Å²) < 4.78 is 13.5. The van der Waals surface area contributed by atoms with Gasteiger partial charge in [0.1, 0.15) is 5.83 Å². The third kappa shape index (κ3) is 6.99. The summed E-state index contributed by atoms with van der Waals surface area (Å²) in [6, 6.07) is 3.79. The zero-order valence-electron chi connectivity index (χ0n) is 20.8. The van der Waals surface area contributed by atoms with Gasteiger partial charge < -0.3 is 15.5 Å². The summed E-state index contributed by atoms with van der Waals surface area (Å²) in [6.45, 7) is 4.21. The number of aromatic nitrogens is 1. The number of likely N-dealkylation sites (tertiary alicyclic amines) is 1. The van der Waals surface area contributed by atoms with Crippen molar-refractivity contribution in [2.45, 2.75) is 45.1 Å². The Hall–Kier alpha value is -3.55. The number of allylic oxidation sites excluding steroid dienone is 6. The number of nitrogens with zero attached hydrogens (tertiary/aromatic N) is 3. The number of nitrogens with one attached hydrogen (secondary N) is 2. The highest BCUT2D eigenvalue weighted by Gasteiger charge is 2.26. The van der Waals surface area contributed by atoms with E-state index in [1.807, 2.05) is 36.1 Å². The molecule has 1 fully saturated rings. The zero-order valence-corrected chi connectivity index (χ0v) is 20.8. The zero-order chi connectivity index (χ0) is 25.3. The molecule has 0 spiro atoms. The van der Waals surface area contributed by atoms with Crippen LogP contribution in [0.2, 0.25) is 0 Å². The summed E-state index contributed by atoms with van der Waals surface area (Å²) in [5.41, 5.74) is 3.90. The summed E-state index contributed by atoms with van der Waals surface area (Å²) >= 11 is 0. The molecule has 0 bridgehead atoms. The molecule has 3 amide bonds. The Morgan fingerprint density at radius 2 is 1.92 bits per heavy atom. The molecule has 190 valence electrons. The van der Waals surface area contributed by atoms with Gasteiger partial charge in [0.05, 0.1) is 18.7 Å². The second-order valence-electron chi connectivity index (χ2n) is 9.34. The van der Waals surface area contributed by atoms with Crippen molar-refractivity contribution in [3.05, 3.63) is 77.4 Å². The number of halogens is 1. The van der Waals surface area contributed by atoms with E-state index in [4.69, 9.17) is 4.99 Å². The first-order chi connectivity index (χ1) is 17.5. The normalized spacial score (nSPS) is 20.5. The number of aliphatic imine (C=N–C) groups is 1. The van der Waals surface area contributed by atoms with Crippen molar-refractivity contribution in [1.82, 2.24) is 20.5 Å². The van der Waals surface area contributed by atoms with E-state index in [9.17, 15) is 14.0 Å². The Bertz CT molecular complexity index is 1100. The molecule has 1 saturated heterocycles. The number of rotatable bonds is 7. The summed E-state index contributed by atoms with van der Waals surface area (Å²) in [7, 11) is 0. The van der Waals surface area contributed by atoms with Crippen molar-refractivity contribution >= 4 is 17.6 Å². The van der Waals surface area contributed by atoms with Crippen LogP contribution in [0.1, 0.15) is 44.6 Å². The predicted octanol–water partition coefficient (Wildman–Crippen LogP) is 4.26. The maximum atomic E-state index is 13.5. The number of amides is 3. The van der Waals surface area contributed by atoms with Crippen LogP contribution >= 0.6 is 0 Å². The lowest BCUT2D eigenvalue weighted by molar-refractivity contribution is -0.131.